The summed E-state index contributed by atoms with van der Waals surface area (Å²) in [4.78, 5) is 0. The molecule has 3 aliphatic rings. The smallest absolute Gasteiger partial charge is 0.186 e. The molecule has 200 valence electrons. The first kappa shape index (κ1) is 28.1. The zero-order valence-corrected chi connectivity index (χ0v) is 19.9. The number of ether oxygens (including phenoxy) is 4. The van der Waals surface area contributed by atoms with Gasteiger partial charge in [0.05, 0.1) is 37.0 Å². The molecule has 0 radical (unpaired) electrons. The largest absolute Gasteiger partial charge is 0.394 e. The average Bonchev–Trinajstić information content (AvgIpc) is 2.80. The molecule has 2 saturated heterocycles. The monoisotopic (exact) mass is 493 g/mol. The Labute approximate surface area is 200 Å². The van der Waals surface area contributed by atoms with Crippen LogP contribution in [0.1, 0.15) is 46.0 Å². The van der Waals surface area contributed by atoms with E-state index < -0.39 is 86.1 Å². The summed E-state index contributed by atoms with van der Waals surface area (Å²) in [5.74, 6) is -0.174. The highest BCUT2D eigenvalue weighted by atomic mass is 16.7. The van der Waals surface area contributed by atoms with E-state index in [1.54, 1.807) is 0 Å². The van der Waals surface area contributed by atoms with Crippen LogP contribution in [0.25, 0.3) is 0 Å². The summed E-state index contributed by atoms with van der Waals surface area (Å²) in [5, 5.41) is 51.6. The number of aliphatic hydroxyl groups is 5. The van der Waals surface area contributed by atoms with Crippen molar-refractivity contribution in [2.45, 2.75) is 125 Å². The molecule has 11 N–H and O–H groups in total. The lowest BCUT2D eigenvalue weighted by Gasteiger charge is -2.48. The highest BCUT2D eigenvalue weighted by Crippen LogP contribution is 2.35. The average molecular weight is 494 g/mol. The second kappa shape index (κ2) is 12.2. The lowest BCUT2D eigenvalue weighted by molar-refractivity contribution is -0.320. The number of rotatable bonds is 8. The summed E-state index contributed by atoms with van der Waals surface area (Å²) in [5.41, 5.74) is 18.4. The summed E-state index contributed by atoms with van der Waals surface area (Å²) >= 11 is 0. The molecule has 12 heteroatoms. The Hall–Kier alpha value is -0.480. The van der Waals surface area contributed by atoms with Crippen LogP contribution in [0.15, 0.2) is 0 Å². The minimum Gasteiger partial charge on any atom is -0.394 e. The molecule has 2 aliphatic heterocycles. The van der Waals surface area contributed by atoms with Gasteiger partial charge in [-0.25, -0.2) is 0 Å². The van der Waals surface area contributed by atoms with Crippen LogP contribution in [-0.2, 0) is 18.9 Å². The van der Waals surface area contributed by atoms with Gasteiger partial charge in [-0.15, -0.1) is 0 Å². The molecule has 3 rings (SSSR count). The van der Waals surface area contributed by atoms with Gasteiger partial charge in [-0.3, -0.25) is 0 Å². The molecule has 12 nitrogen and oxygen atoms in total. The maximum Gasteiger partial charge on any atom is 0.186 e. The second-order valence-corrected chi connectivity index (χ2v) is 9.84. The number of hydrogen-bond acceptors (Lipinski definition) is 12. The van der Waals surface area contributed by atoms with E-state index in [1.165, 1.54) is 0 Å². The van der Waals surface area contributed by atoms with Crippen LogP contribution in [0.3, 0.4) is 0 Å². The summed E-state index contributed by atoms with van der Waals surface area (Å²) < 4.78 is 23.6. The molecule has 0 aromatic heterocycles. The molecular weight excluding hydrogens is 450 g/mol. The SMILES string of the molecule is CCCC1OC(OC2C(N)CC(CC)C(OC3OC(CO)C(O)C(N)C3O)C2O)C(N)CC1O. The van der Waals surface area contributed by atoms with Gasteiger partial charge < -0.3 is 61.7 Å². The van der Waals surface area contributed by atoms with Crippen LogP contribution in [0.5, 0.6) is 0 Å². The highest BCUT2D eigenvalue weighted by molar-refractivity contribution is 4.99. The topological polar surface area (TPSA) is 216 Å². The van der Waals surface area contributed by atoms with Gasteiger partial charge in [0.1, 0.15) is 30.5 Å². The Morgan fingerprint density at radius 3 is 2.06 bits per heavy atom. The number of aliphatic hydroxyl groups excluding tert-OH is 5. The molecule has 0 aromatic rings. The highest BCUT2D eigenvalue weighted by Gasteiger charge is 2.50. The van der Waals surface area contributed by atoms with Gasteiger partial charge in [-0.05, 0) is 25.2 Å². The van der Waals surface area contributed by atoms with Gasteiger partial charge in [0.15, 0.2) is 12.6 Å². The Morgan fingerprint density at radius 2 is 1.44 bits per heavy atom. The third-order valence-electron chi connectivity index (χ3n) is 7.35. The zero-order valence-electron chi connectivity index (χ0n) is 19.9. The fourth-order valence-corrected chi connectivity index (χ4v) is 5.23. The van der Waals surface area contributed by atoms with Crippen molar-refractivity contribution in [3.8, 4) is 0 Å². The fourth-order valence-electron chi connectivity index (χ4n) is 5.23. The predicted octanol–water partition coefficient (Wildman–Crippen LogP) is -2.76. The molecule has 3 fully saturated rings. The molecule has 14 unspecified atom stereocenters. The molecule has 1 saturated carbocycles. The Kier molecular flexibility index (Phi) is 10.1. The van der Waals surface area contributed by atoms with Crippen molar-refractivity contribution in [1.29, 1.82) is 0 Å². The van der Waals surface area contributed by atoms with Gasteiger partial charge in [0.25, 0.3) is 0 Å². The molecule has 34 heavy (non-hydrogen) atoms. The van der Waals surface area contributed by atoms with E-state index in [-0.39, 0.29) is 5.92 Å². The van der Waals surface area contributed by atoms with Crippen molar-refractivity contribution < 1.29 is 44.5 Å². The summed E-state index contributed by atoms with van der Waals surface area (Å²) in [6, 6.07) is -2.22. The van der Waals surface area contributed by atoms with Gasteiger partial charge in [0.2, 0.25) is 0 Å². The molecule has 14 atom stereocenters. The standard InChI is InChI=1S/C22H43N3O9/c1-3-5-13-12(27)7-11(24)21(31-13)34-20-10(23)6-9(4-2)19(18(20)30)33-22-17(29)15(25)16(28)14(8-26)32-22/h9-22,26-30H,3-8,23-25H2,1-2H3. The van der Waals surface area contributed by atoms with Crippen LogP contribution in [0, 0.1) is 5.92 Å². The van der Waals surface area contributed by atoms with Crippen LogP contribution in [0.4, 0.5) is 0 Å². The number of hydrogen-bond donors (Lipinski definition) is 8. The molecule has 0 spiro atoms. The minimum absolute atomic E-state index is 0.174. The fraction of sp³-hybridized carbons (Fsp3) is 1.00. The van der Waals surface area contributed by atoms with E-state index in [9.17, 15) is 25.5 Å². The maximum atomic E-state index is 11.3. The summed E-state index contributed by atoms with van der Waals surface area (Å²) in [6.07, 6.45) is -6.95. The Balaban J connectivity index is 1.73. The maximum absolute atomic E-state index is 11.3. The second-order valence-electron chi connectivity index (χ2n) is 9.84. The molecule has 0 aromatic carbocycles. The third-order valence-corrected chi connectivity index (χ3v) is 7.35. The van der Waals surface area contributed by atoms with Crippen molar-refractivity contribution in [3.63, 3.8) is 0 Å². The van der Waals surface area contributed by atoms with Crippen molar-refractivity contribution in [3.05, 3.63) is 0 Å². The summed E-state index contributed by atoms with van der Waals surface area (Å²) in [6.45, 7) is 3.41. The normalized spacial score (nSPS) is 50.3. The quantitative estimate of drug-likeness (QED) is 0.173. The first-order chi connectivity index (χ1) is 16.1. The van der Waals surface area contributed by atoms with E-state index in [4.69, 9.17) is 36.1 Å². The third kappa shape index (κ3) is 5.90. The van der Waals surface area contributed by atoms with Gasteiger partial charge in [-0.2, -0.15) is 0 Å². The lowest BCUT2D eigenvalue weighted by atomic mass is 9.78. The lowest BCUT2D eigenvalue weighted by Crippen LogP contribution is -2.66. The molecule has 0 amide bonds. The molecule has 0 bridgehead atoms. The minimum atomic E-state index is -1.37. The van der Waals surface area contributed by atoms with E-state index >= 15 is 0 Å². The van der Waals surface area contributed by atoms with Crippen molar-refractivity contribution in [2.75, 3.05) is 6.61 Å². The first-order valence-corrected chi connectivity index (χ1v) is 12.3. The zero-order chi connectivity index (χ0) is 25.2. The van der Waals surface area contributed by atoms with E-state index in [1.807, 2.05) is 13.8 Å². The first-order valence-electron chi connectivity index (χ1n) is 12.3. The van der Waals surface area contributed by atoms with Gasteiger partial charge in [0, 0.05) is 6.04 Å². The molecule has 1 aliphatic carbocycles. The summed E-state index contributed by atoms with van der Waals surface area (Å²) in [7, 11) is 0. The van der Waals surface area contributed by atoms with Gasteiger partial charge >= 0.3 is 0 Å². The van der Waals surface area contributed by atoms with E-state index in [0.29, 0.717) is 25.7 Å². The van der Waals surface area contributed by atoms with Crippen LogP contribution >= 0.6 is 0 Å². The molecular formula is C22H43N3O9. The molecule has 2 heterocycles. The van der Waals surface area contributed by atoms with Crippen molar-refractivity contribution in [2.24, 2.45) is 23.1 Å². The van der Waals surface area contributed by atoms with Crippen molar-refractivity contribution in [1.82, 2.24) is 0 Å². The van der Waals surface area contributed by atoms with E-state index in [2.05, 4.69) is 0 Å². The Morgan fingerprint density at radius 1 is 0.794 bits per heavy atom. The Bertz CT molecular complexity index is 632. The van der Waals surface area contributed by atoms with Gasteiger partial charge in [-0.1, -0.05) is 26.7 Å². The van der Waals surface area contributed by atoms with E-state index in [0.717, 1.165) is 6.42 Å². The van der Waals surface area contributed by atoms with Crippen LogP contribution in [0.2, 0.25) is 0 Å². The van der Waals surface area contributed by atoms with Crippen LogP contribution in [-0.4, -0.2) is 112 Å². The van der Waals surface area contributed by atoms with Crippen LogP contribution < -0.4 is 17.2 Å². The van der Waals surface area contributed by atoms with Crippen molar-refractivity contribution >= 4 is 0 Å². The predicted molar refractivity (Wildman–Crippen MR) is 120 cm³/mol. The number of nitrogens with two attached hydrogens (primary N) is 3.